The number of hydrogen-bond donors (Lipinski definition) is 2. The molecule has 2 aliphatic rings. The smallest absolute Gasteiger partial charge is 0.255 e. The van der Waals surface area contributed by atoms with Crippen LogP contribution in [0.1, 0.15) is 28.9 Å². The lowest BCUT2D eigenvalue weighted by molar-refractivity contribution is -0.143. The number of fused-ring (bicyclic) bond motifs is 1. The molecule has 0 bridgehead atoms. The molecule has 0 atom stereocenters. The SMILES string of the molecule is Cc1[nH]nc2c(-c3ccc(C(=O)N4CCN(C(=O)C5(O)CC5)CC4)c(Cl)c3)cccc12. The summed E-state index contributed by atoms with van der Waals surface area (Å²) in [7, 11) is 0. The highest BCUT2D eigenvalue weighted by Gasteiger charge is 2.50. The number of halogens is 1. The maximum atomic E-state index is 13.0. The Balaban J connectivity index is 1.33. The molecule has 1 aliphatic carbocycles. The average molecular weight is 439 g/mol. The maximum absolute atomic E-state index is 13.0. The van der Waals surface area contributed by atoms with Crippen LogP contribution in [0.4, 0.5) is 0 Å². The fourth-order valence-corrected chi connectivity index (χ4v) is 4.43. The van der Waals surface area contributed by atoms with Gasteiger partial charge in [-0.05, 0) is 37.5 Å². The van der Waals surface area contributed by atoms with Crippen LogP contribution in [0.15, 0.2) is 36.4 Å². The molecule has 5 rings (SSSR count). The van der Waals surface area contributed by atoms with Crippen molar-refractivity contribution in [2.45, 2.75) is 25.4 Å². The minimum atomic E-state index is -1.17. The fourth-order valence-electron chi connectivity index (χ4n) is 4.17. The Labute approximate surface area is 184 Å². The zero-order chi connectivity index (χ0) is 21.8. The van der Waals surface area contributed by atoms with Crippen LogP contribution in [0, 0.1) is 6.92 Å². The normalized spacial score (nSPS) is 17.8. The summed E-state index contributed by atoms with van der Waals surface area (Å²) in [5.41, 5.74) is 2.99. The van der Waals surface area contributed by atoms with Gasteiger partial charge in [0.05, 0.1) is 10.6 Å². The highest BCUT2D eigenvalue weighted by Crippen LogP contribution is 2.37. The number of H-pyrrole nitrogens is 1. The van der Waals surface area contributed by atoms with Gasteiger partial charge in [-0.15, -0.1) is 0 Å². The van der Waals surface area contributed by atoms with Gasteiger partial charge >= 0.3 is 0 Å². The van der Waals surface area contributed by atoms with Crippen LogP contribution in [-0.2, 0) is 4.79 Å². The number of benzene rings is 2. The number of piperazine rings is 1. The topological polar surface area (TPSA) is 89.5 Å². The first-order chi connectivity index (χ1) is 14.9. The molecular weight excluding hydrogens is 416 g/mol. The summed E-state index contributed by atoms with van der Waals surface area (Å²) in [6, 6.07) is 11.4. The summed E-state index contributed by atoms with van der Waals surface area (Å²) in [5, 5.41) is 18.9. The second-order valence-electron chi connectivity index (χ2n) is 8.36. The summed E-state index contributed by atoms with van der Waals surface area (Å²) in [6.45, 7) is 3.66. The molecule has 2 heterocycles. The molecule has 0 radical (unpaired) electrons. The number of para-hydroxylation sites is 1. The van der Waals surface area contributed by atoms with E-state index in [2.05, 4.69) is 10.2 Å². The molecule has 0 unspecified atom stereocenters. The molecule has 2 N–H and O–H groups in total. The van der Waals surface area contributed by atoms with Crippen molar-refractivity contribution in [1.82, 2.24) is 20.0 Å². The lowest BCUT2D eigenvalue weighted by Crippen LogP contribution is -2.53. The third-order valence-electron chi connectivity index (χ3n) is 6.26. The van der Waals surface area contributed by atoms with E-state index >= 15 is 0 Å². The van der Waals surface area contributed by atoms with E-state index in [0.717, 1.165) is 27.7 Å². The van der Waals surface area contributed by atoms with E-state index in [-0.39, 0.29) is 11.8 Å². The summed E-state index contributed by atoms with van der Waals surface area (Å²) in [5.74, 6) is -0.368. The molecule has 160 valence electrons. The lowest BCUT2D eigenvalue weighted by Gasteiger charge is -2.36. The van der Waals surface area contributed by atoms with Gasteiger partial charge in [0.1, 0.15) is 11.1 Å². The van der Waals surface area contributed by atoms with Crippen LogP contribution in [0.3, 0.4) is 0 Å². The van der Waals surface area contributed by atoms with Crippen molar-refractivity contribution in [2.24, 2.45) is 0 Å². The Morgan fingerprint density at radius 3 is 2.48 bits per heavy atom. The zero-order valence-corrected chi connectivity index (χ0v) is 17.9. The van der Waals surface area contributed by atoms with Gasteiger partial charge in [0.2, 0.25) is 0 Å². The number of aryl methyl sites for hydroxylation is 1. The Bertz CT molecular complexity index is 1190. The second kappa shape index (κ2) is 7.35. The van der Waals surface area contributed by atoms with Crippen LogP contribution in [-0.4, -0.2) is 68.7 Å². The van der Waals surface area contributed by atoms with Crippen molar-refractivity contribution in [3.8, 4) is 11.1 Å². The van der Waals surface area contributed by atoms with Gasteiger partial charge in [0.15, 0.2) is 0 Å². The Kier molecular flexibility index (Phi) is 4.75. The molecule has 1 saturated heterocycles. The van der Waals surface area contributed by atoms with E-state index in [1.165, 1.54) is 0 Å². The molecule has 2 amide bonds. The van der Waals surface area contributed by atoms with Gasteiger partial charge in [-0.25, -0.2) is 0 Å². The number of amides is 2. The van der Waals surface area contributed by atoms with Crippen molar-refractivity contribution in [3.05, 3.63) is 52.7 Å². The molecule has 2 fully saturated rings. The quantitative estimate of drug-likeness (QED) is 0.657. The number of nitrogens with zero attached hydrogens (tertiary/aromatic N) is 3. The van der Waals surface area contributed by atoms with Crippen LogP contribution >= 0.6 is 11.6 Å². The predicted octanol–water partition coefficient (Wildman–Crippen LogP) is 3.00. The number of aromatic amines is 1. The maximum Gasteiger partial charge on any atom is 0.255 e. The van der Waals surface area contributed by atoms with Gasteiger partial charge < -0.3 is 14.9 Å². The van der Waals surface area contributed by atoms with Crippen LogP contribution in [0.25, 0.3) is 22.0 Å². The Hall–Kier alpha value is -2.90. The highest BCUT2D eigenvalue weighted by molar-refractivity contribution is 6.34. The first-order valence-electron chi connectivity index (χ1n) is 10.4. The molecule has 1 aromatic heterocycles. The van der Waals surface area contributed by atoms with E-state index in [4.69, 9.17) is 11.6 Å². The standard InChI is InChI=1S/C23H23ClN4O3/c1-14-16-3-2-4-17(20(16)26-25-14)15-5-6-18(19(24)13-15)21(29)27-9-11-28(12-10-27)22(30)23(31)7-8-23/h2-6,13,31H,7-12H2,1H3,(H,25,26). The number of carbonyl (C=O) groups excluding carboxylic acids is 2. The average Bonchev–Trinajstić information content (AvgIpc) is 3.43. The van der Waals surface area contributed by atoms with Crippen molar-refractivity contribution < 1.29 is 14.7 Å². The number of rotatable bonds is 3. The first kappa shape index (κ1) is 20.0. The number of hydrogen-bond acceptors (Lipinski definition) is 4. The molecule has 1 saturated carbocycles. The molecule has 31 heavy (non-hydrogen) atoms. The fraction of sp³-hybridized carbons (Fsp3) is 0.348. The first-order valence-corrected chi connectivity index (χ1v) is 10.8. The van der Waals surface area contributed by atoms with Gasteiger partial charge in [0, 0.05) is 42.8 Å². The summed E-state index contributed by atoms with van der Waals surface area (Å²) in [6.07, 6.45) is 1.05. The van der Waals surface area contributed by atoms with Gasteiger partial charge in [0.25, 0.3) is 11.8 Å². The molecule has 1 aliphatic heterocycles. The second-order valence-corrected chi connectivity index (χ2v) is 8.77. The van der Waals surface area contributed by atoms with E-state index < -0.39 is 5.60 Å². The third-order valence-corrected chi connectivity index (χ3v) is 6.57. The number of aromatic nitrogens is 2. The van der Waals surface area contributed by atoms with E-state index in [1.54, 1.807) is 21.9 Å². The molecule has 7 nitrogen and oxygen atoms in total. The molecule has 8 heteroatoms. The minimum absolute atomic E-state index is 0.150. The summed E-state index contributed by atoms with van der Waals surface area (Å²) >= 11 is 6.52. The lowest BCUT2D eigenvalue weighted by atomic mass is 10.0. The van der Waals surface area contributed by atoms with Crippen LogP contribution in [0.2, 0.25) is 5.02 Å². The number of aliphatic hydroxyl groups is 1. The van der Waals surface area contributed by atoms with Crippen LogP contribution in [0.5, 0.6) is 0 Å². The molecule has 2 aromatic carbocycles. The van der Waals surface area contributed by atoms with Crippen molar-refractivity contribution in [3.63, 3.8) is 0 Å². The monoisotopic (exact) mass is 438 g/mol. The molecular formula is C23H23ClN4O3. The third kappa shape index (κ3) is 3.47. The highest BCUT2D eigenvalue weighted by atomic mass is 35.5. The molecule has 0 spiro atoms. The van der Waals surface area contributed by atoms with Gasteiger partial charge in [-0.1, -0.05) is 35.9 Å². The van der Waals surface area contributed by atoms with E-state index in [9.17, 15) is 14.7 Å². The van der Waals surface area contributed by atoms with Crippen molar-refractivity contribution in [1.29, 1.82) is 0 Å². The Morgan fingerprint density at radius 1 is 1.10 bits per heavy atom. The van der Waals surface area contributed by atoms with Crippen molar-refractivity contribution >= 4 is 34.3 Å². The van der Waals surface area contributed by atoms with E-state index in [0.29, 0.717) is 49.6 Å². The zero-order valence-electron chi connectivity index (χ0n) is 17.2. The van der Waals surface area contributed by atoms with Crippen LogP contribution < -0.4 is 0 Å². The number of carbonyl (C=O) groups is 2. The largest absolute Gasteiger partial charge is 0.380 e. The summed E-state index contributed by atoms with van der Waals surface area (Å²) < 4.78 is 0. The van der Waals surface area contributed by atoms with Gasteiger partial charge in [-0.2, -0.15) is 5.10 Å². The van der Waals surface area contributed by atoms with Gasteiger partial charge in [-0.3, -0.25) is 14.7 Å². The van der Waals surface area contributed by atoms with E-state index in [1.807, 2.05) is 31.2 Å². The number of nitrogens with one attached hydrogen (secondary N) is 1. The minimum Gasteiger partial charge on any atom is -0.380 e. The Morgan fingerprint density at radius 2 is 1.81 bits per heavy atom. The molecule has 3 aromatic rings. The summed E-state index contributed by atoms with van der Waals surface area (Å²) in [4.78, 5) is 28.7. The van der Waals surface area contributed by atoms with Crippen molar-refractivity contribution in [2.75, 3.05) is 26.2 Å². The predicted molar refractivity (Wildman–Crippen MR) is 118 cm³/mol.